The van der Waals surface area contributed by atoms with Gasteiger partial charge in [-0.15, -0.1) is 0 Å². The lowest BCUT2D eigenvalue weighted by Gasteiger charge is -2.37. The van der Waals surface area contributed by atoms with Crippen LogP contribution in [0.25, 0.3) is 5.57 Å². The Bertz CT molecular complexity index is 1420. The molecule has 5 nitrogen and oxygen atoms in total. The van der Waals surface area contributed by atoms with Gasteiger partial charge in [-0.1, -0.05) is 30.3 Å². The zero-order valence-electron chi connectivity index (χ0n) is 18.4. The standard InChI is InChI=1S/C27H23FN4O/c1-16-14-22-24-25(23-20(16)12-13-31(2)27(23)33)29-15-21(17-6-4-3-5-7-17)26(24)32(30-22)19-10-8-18(28)9-11-19/h3-14,21,26,30H,15H2,1-2H3. The average molecular weight is 439 g/mol. The first-order valence-corrected chi connectivity index (χ1v) is 11.1. The van der Waals surface area contributed by atoms with E-state index in [0.717, 1.165) is 33.8 Å². The summed E-state index contributed by atoms with van der Waals surface area (Å²) in [4.78, 5) is 18.3. The normalized spacial score (nSPS) is 21.0. The molecule has 3 aromatic rings. The van der Waals surface area contributed by atoms with Crippen molar-refractivity contribution in [2.75, 3.05) is 11.6 Å². The summed E-state index contributed by atoms with van der Waals surface area (Å²) in [5.74, 6) is -0.200. The monoisotopic (exact) mass is 438 g/mol. The van der Waals surface area contributed by atoms with E-state index in [1.165, 1.54) is 17.7 Å². The largest absolute Gasteiger partial charge is 0.318 e. The van der Waals surface area contributed by atoms with Gasteiger partial charge in [-0.3, -0.25) is 20.2 Å². The third kappa shape index (κ3) is 2.98. The van der Waals surface area contributed by atoms with Crippen molar-refractivity contribution in [3.63, 3.8) is 0 Å². The first kappa shape index (κ1) is 19.7. The second kappa shape index (κ2) is 7.30. The molecule has 0 spiro atoms. The highest BCUT2D eigenvalue weighted by Gasteiger charge is 2.45. The quantitative estimate of drug-likeness (QED) is 0.653. The minimum atomic E-state index is -0.272. The smallest absolute Gasteiger partial charge is 0.260 e. The van der Waals surface area contributed by atoms with Crippen molar-refractivity contribution in [1.29, 1.82) is 0 Å². The third-order valence-corrected chi connectivity index (χ3v) is 6.81. The first-order chi connectivity index (χ1) is 16.0. The van der Waals surface area contributed by atoms with Gasteiger partial charge in [0.1, 0.15) is 5.82 Å². The van der Waals surface area contributed by atoms with E-state index >= 15 is 0 Å². The molecule has 2 unspecified atom stereocenters. The van der Waals surface area contributed by atoms with Gasteiger partial charge in [-0.2, -0.15) is 0 Å². The minimum absolute atomic E-state index is 0.0510. The van der Waals surface area contributed by atoms with Gasteiger partial charge in [-0.05, 0) is 60.0 Å². The molecular weight excluding hydrogens is 415 g/mol. The molecule has 6 rings (SSSR count). The van der Waals surface area contributed by atoms with Crippen molar-refractivity contribution >= 4 is 17.0 Å². The number of nitrogens with one attached hydrogen (secondary N) is 1. The molecule has 33 heavy (non-hydrogen) atoms. The van der Waals surface area contributed by atoms with E-state index < -0.39 is 0 Å². The summed E-state index contributed by atoms with van der Waals surface area (Å²) in [7, 11) is 1.77. The van der Waals surface area contributed by atoms with Gasteiger partial charge in [0, 0.05) is 31.3 Å². The maximum absolute atomic E-state index is 13.7. The summed E-state index contributed by atoms with van der Waals surface area (Å²) in [5.41, 5.74) is 10.8. The molecule has 3 aliphatic rings. The molecule has 0 saturated heterocycles. The number of aromatic nitrogens is 1. The fourth-order valence-electron chi connectivity index (χ4n) is 5.19. The maximum Gasteiger partial charge on any atom is 0.260 e. The average Bonchev–Trinajstić information content (AvgIpc) is 3.15. The van der Waals surface area contributed by atoms with E-state index in [2.05, 4.69) is 28.6 Å². The Labute approximate surface area is 191 Å². The molecule has 2 atom stereocenters. The van der Waals surface area contributed by atoms with E-state index in [-0.39, 0.29) is 23.3 Å². The van der Waals surface area contributed by atoms with E-state index in [9.17, 15) is 9.18 Å². The van der Waals surface area contributed by atoms with Crippen LogP contribution in [0.15, 0.2) is 94.0 Å². The van der Waals surface area contributed by atoms with Gasteiger partial charge in [0.15, 0.2) is 0 Å². The summed E-state index contributed by atoms with van der Waals surface area (Å²) < 4.78 is 15.3. The van der Waals surface area contributed by atoms with Crippen LogP contribution in [0.2, 0.25) is 0 Å². The summed E-state index contributed by atoms with van der Waals surface area (Å²) >= 11 is 0. The number of nitrogens with zero attached hydrogens (tertiary/aromatic N) is 3. The number of aliphatic imine (C=N–C) groups is 1. The van der Waals surface area contributed by atoms with Crippen molar-refractivity contribution in [2.45, 2.75) is 18.9 Å². The van der Waals surface area contributed by atoms with Gasteiger partial charge in [-0.25, -0.2) is 4.39 Å². The van der Waals surface area contributed by atoms with Crippen LogP contribution in [-0.2, 0) is 7.05 Å². The number of allylic oxidation sites excluding steroid dienone is 2. The van der Waals surface area contributed by atoms with E-state index in [0.29, 0.717) is 12.1 Å². The van der Waals surface area contributed by atoms with Crippen molar-refractivity contribution in [3.8, 4) is 0 Å². The van der Waals surface area contributed by atoms with Crippen LogP contribution in [0.4, 0.5) is 10.1 Å². The lowest BCUT2D eigenvalue weighted by Crippen LogP contribution is -2.47. The van der Waals surface area contributed by atoms with Crippen molar-refractivity contribution in [3.05, 3.63) is 117 Å². The number of fused-ring (bicyclic) bond motifs is 2. The Morgan fingerprint density at radius 2 is 1.82 bits per heavy atom. The second-order valence-electron chi connectivity index (χ2n) is 8.78. The van der Waals surface area contributed by atoms with Crippen LogP contribution < -0.4 is 16.0 Å². The van der Waals surface area contributed by atoms with Gasteiger partial charge < -0.3 is 4.57 Å². The number of benzene rings is 2. The van der Waals surface area contributed by atoms with E-state index in [1.54, 1.807) is 29.9 Å². The summed E-state index contributed by atoms with van der Waals surface area (Å²) in [5, 5.41) is 2.10. The minimum Gasteiger partial charge on any atom is -0.318 e. The molecule has 1 aromatic heterocycles. The molecule has 164 valence electrons. The molecule has 2 aliphatic heterocycles. The predicted molar refractivity (Wildman–Crippen MR) is 129 cm³/mol. The van der Waals surface area contributed by atoms with Crippen LogP contribution in [0, 0.1) is 5.82 Å². The molecule has 0 radical (unpaired) electrons. The van der Waals surface area contributed by atoms with Crippen LogP contribution in [0.3, 0.4) is 0 Å². The fraction of sp³-hybridized carbons (Fsp3) is 0.185. The van der Waals surface area contributed by atoms with Crippen molar-refractivity contribution < 1.29 is 4.39 Å². The van der Waals surface area contributed by atoms with Crippen LogP contribution >= 0.6 is 0 Å². The van der Waals surface area contributed by atoms with Gasteiger partial charge in [0.2, 0.25) is 0 Å². The molecule has 2 aromatic carbocycles. The fourth-order valence-corrected chi connectivity index (χ4v) is 5.19. The van der Waals surface area contributed by atoms with Gasteiger partial charge in [0.05, 0.1) is 28.7 Å². The molecule has 0 fully saturated rings. The number of halogens is 1. The lowest BCUT2D eigenvalue weighted by molar-refractivity contribution is 0.547. The zero-order valence-corrected chi connectivity index (χ0v) is 18.4. The molecule has 6 heteroatoms. The SMILES string of the molecule is CC1=CC2=C3C(=NCC(c4ccccc4)C3N(c3ccc(F)cc3)N2)c2c1ccn(C)c2=O. The van der Waals surface area contributed by atoms with Crippen molar-refractivity contribution in [1.82, 2.24) is 9.99 Å². The van der Waals surface area contributed by atoms with E-state index in [1.807, 2.05) is 31.2 Å². The second-order valence-corrected chi connectivity index (χ2v) is 8.78. The number of anilines is 1. The highest BCUT2D eigenvalue weighted by atomic mass is 19.1. The molecule has 0 bridgehead atoms. The molecule has 1 N–H and O–H groups in total. The number of hydrazine groups is 1. The number of aryl methyl sites for hydroxylation is 1. The Morgan fingerprint density at radius 1 is 1.06 bits per heavy atom. The Morgan fingerprint density at radius 3 is 2.58 bits per heavy atom. The predicted octanol–water partition coefficient (Wildman–Crippen LogP) is 4.18. The van der Waals surface area contributed by atoms with Crippen molar-refractivity contribution in [2.24, 2.45) is 12.0 Å². The number of pyridine rings is 1. The van der Waals surface area contributed by atoms with Gasteiger partial charge >= 0.3 is 0 Å². The molecule has 1 aliphatic carbocycles. The van der Waals surface area contributed by atoms with E-state index in [4.69, 9.17) is 4.99 Å². The van der Waals surface area contributed by atoms with Crippen LogP contribution in [0.1, 0.15) is 29.5 Å². The highest BCUT2D eigenvalue weighted by Crippen LogP contribution is 2.43. The molecular formula is C27H23FN4O. The van der Waals surface area contributed by atoms with Crippen LogP contribution in [-0.4, -0.2) is 22.9 Å². The summed E-state index contributed by atoms with van der Waals surface area (Å²) in [6.45, 7) is 2.58. The maximum atomic E-state index is 13.7. The number of rotatable bonds is 2. The molecule has 0 amide bonds. The molecule has 3 heterocycles. The summed E-state index contributed by atoms with van der Waals surface area (Å²) in [6.07, 6.45) is 3.90. The first-order valence-electron chi connectivity index (χ1n) is 11.1. The van der Waals surface area contributed by atoms with Crippen LogP contribution in [0.5, 0.6) is 0 Å². The third-order valence-electron chi connectivity index (χ3n) is 6.81. The highest BCUT2D eigenvalue weighted by molar-refractivity contribution is 6.18. The number of hydrogen-bond donors (Lipinski definition) is 1. The molecule has 0 saturated carbocycles. The van der Waals surface area contributed by atoms with Gasteiger partial charge in [0.25, 0.3) is 5.56 Å². The summed E-state index contributed by atoms with van der Waals surface area (Å²) in [6, 6.07) is 18.7. The topological polar surface area (TPSA) is 49.6 Å². The number of hydrogen-bond acceptors (Lipinski definition) is 4. The lowest BCUT2D eigenvalue weighted by atomic mass is 9.80. The zero-order chi connectivity index (χ0) is 22.7. The Hall–Kier alpha value is -3.93. The Kier molecular flexibility index (Phi) is 4.37. The Balaban J connectivity index is 1.59.